The highest BCUT2D eigenvalue weighted by atomic mass is 14.7. The van der Waals surface area contributed by atoms with E-state index in [1.165, 1.54) is 32.1 Å². The Labute approximate surface area is 74.7 Å². The van der Waals surface area contributed by atoms with Crippen molar-refractivity contribution in [2.75, 3.05) is 0 Å². The second kappa shape index (κ2) is 2.06. The topological polar surface area (TPSA) is 26.0 Å². The first-order valence-corrected chi connectivity index (χ1v) is 5.42. The molecule has 0 heterocycles. The summed E-state index contributed by atoms with van der Waals surface area (Å²) in [6, 6.07) is 0.564. The van der Waals surface area contributed by atoms with Crippen molar-refractivity contribution in [3.63, 3.8) is 0 Å². The quantitative estimate of drug-likeness (QED) is 0.585. The highest BCUT2D eigenvalue weighted by molar-refractivity contribution is 5.04. The minimum absolute atomic E-state index is 0.564. The summed E-state index contributed by atoms with van der Waals surface area (Å²) in [5.41, 5.74) is 6.93. The van der Waals surface area contributed by atoms with Crippen molar-refractivity contribution in [2.45, 2.75) is 45.1 Å². The predicted molar refractivity (Wildman–Crippen MR) is 49.6 cm³/mol. The molecule has 0 saturated heterocycles. The van der Waals surface area contributed by atoms with Crippen LogP contribution in [0.5, 0.6) is 0 Å². The summed E-state index contributed by atoms with van der Waals surface area (Å²) in [6.45, 7) is 2.49. The van der Waals surface area contributed by atoms with Crippen LogP contribution in [0.2, 0.25) is 0 Å². The second-order valence-electron chi connectivity index (χ2n) is 5.86. The van der Waals surface area contributed by atoms with Gasteiger partial charge in [0.1, 0.15) is 0 Å². The average Bonchev–Trinajstić information content (AvgIpc) is 1.96. The van der Waals surface area contributed by atoms with Gasteiger partial charge in [0.05, 0.1) is 0 Å². The maximum atomic E-state index is 6.23. The summed E-state index contributed by atoms with van der Waals surface area (Å²) >= 11 is 0. The van der Waals surface area contributed by atoms with Crippen LogP contribution in [0.1, 0.15) is 39.0 Å². The maximum Gasteiger partial charge on any atom is 0.00962 e. The van der Waals surface area contributed by atoms with Crippen LogP contribution in [0.25, 0.3) is 0 Å². The van der Waals surface area contributed by atoms with Crippen LogP contribution in [0.3, 0.4) is 0 Å². The lowest BCUT2D eigenvalue weighted by Crippen LogP contribution is -2.55. The third-order valence-corrected chi connectivity index (χ3v) is 4.65. The number of hydrogen-bond donors (Lipinski definition) is 1. The van der Waals surface area contributed by atoms with Gasteiger partial charge in [0.25, 0.3) is 0 Å². The molecule has 2 N–H and O–H groups in total. The van der Waals surface area contributed by atoms with Crippen molar-refractivity contribution in [3.05, 3.63) is 0 Å². The van der Waals surface area contributed by atoms with Gasteiger partial charge in [-0.2, -0.15) is 0 Å². The fourth-order valence-electron chi connectivity index (χ4n) is 4.47. The molecule has 0 radical (unpaired) electrons. The molecule has 0 aliphatic heterocycles. The van der Waals surface area contributed by atoms with Gasteiger partial charge < -0.3 is 5.73 Å². The van der Waals surface area contributed by atoms with Crippen LogP contribution in [0.4, 0.5) is 0 Å². The Hall–Kier alpha value is -0.0400. The molecule has 0 aromatic rings. The summed E-state index contributed by atoms with van der Waals surface area (Å²) in [6.07, 6.45) is 7.27. The Bertz CT molecular complexity index is 195. The van der Waals surface area contributed by atoms with E-state index in [0.717, 1.165) is 17.8 Å². The van der Waals surface area contributed by atoms with E-state index >= 15 is 0 Å². The van der Waals surface area contributed by atoms with Crippen molar-refractivity contribution in [2.24, 2.45) is 28.9 Å². The minimum atomic E-state index is 0.564. The Morgan fingerprint density at radius 3 is 2.17 bits per heavy atom. The van der Waals surface area contributed by atoms with Gasteiger partial charge >= 0.3 is 0 Å². The summed E-state index contributed by atoms with van der Waals surface area (Å²) in [4.78, 5) is 0. The number of nitrogens with two attached hydrogens (primary N) is 1. The lowest BCUT2D eigenvalue weighted by molar-refractivity contribution is -0.0561. The van der Waals surface area contributed by atoms with Crippen molar-refractivity contribution < 1.29 is 0 Å². The van der Waals surface area contributed by atoms with E-state index in [4.69, 9.17) is 5.73 Å². The fourth-order valence-corrected chi connectivity index (χ4v) is 4.47. The second-order valence-corrected chi connectivity index (χ2v) is 5.86. The minimum Gasteiger partial charge on any atom is -0.327 e. The monoisotopic (exact) mass is 165 g/mol. The normalized spacial score (nSPS) is 62.5. The van der Waals surface area contributed by atoms with Crippen molar-refractivity contribution in [1.29, 1.82) is 0 Å². The summed E-state index contributed by atoms with van der Waals surface area (Å²) in [7, 11) is 0. The van der Waals surface area contributed by atoms with Gasteiger partial charge in [0, 0.05) is 6.04 Å². The average molecular weight is 165 g/mol. The Morgan fingerprint density at radius 1 is 1.08 bits per heavy atom. The maximum absolute atomic E-state index is 6.23. The summed E-state index contributed by atoms with van der Waals surface area (Å²) < 4.78 is 0. The summed E-state index contributed by atoms with van der Waals surface area (Å²) in [5, 5.41) is 0. The molecular formula is C11H19N. The van der Waals surface area contributed by atoms with E-state index in [0.29, 0.717) is 11.5 Å². The molecule has 0 amide bonds. The number of rotatable bonds is 0. The Balaban J connectivity index is 1.95. The number of hydrogen-bond acceptors (Lipinski definition) is 1. The van der Waals surface area contributed by atoms with Crippen LogP contribution in [-0.2, 0) is 0 Å². The van der Waals surface area contributed by atoms with E-state index < -0.39 is 0 Å². The molecule has 4 rings (SSSR count). The van der Waals surface area contributed by atoms with Gasteiger partial charge in [-0.15, -0.1) is 0 Å². The van der Waals surface area contributed by atoms with Crippen LogP contribution in [0, 0.1) is 23.2 Å². The molecule has 0 aromatic carbocycles. The third-order valence-electron chi connectivity index (χ3n) is 4.65. The first-order chi connectivity index (χ1) is 5.66. The SMILES string of the molecule is CC12CC3CC(C1)C(N)C(C3)C2. The largest absolute Gasteiger partial charge is 0.327 e. The van der Waals surface area contributed by atoms with Gasteiger partial charge in [-0.1, -0.05) is 6.92 Å². The zero-order valence-corrected chi connectivity index (χ0v) is 7.92. The lowest BCUT2D eigenvalue weighted by atomic mass is 9.49. The van der Waals surface area contributed by atoms with E-state index in [2.05, 4.69) is 6.92 Å². The van der Waals surface area contributed by atoms with Gasteiger partial charge in [-0.3, -0.25) is 0 Å². The molecule has 2 atom stereocenters. The first kappa shape index (κ1) is 7.37. The zero-order chi connectivity index (χ0) is 8.34. The van der Waals surface area contributed by atoms with Crippen LogP contribution in [-0.4, -0.2) is 6.04 Å². The molecule has 4 fully saturated rings. The molecule has 0 spiro atoms. The molecule has 0 aromatic heterocycles. The molecule has 4 aliphatic carbocycles. The van der Waals surface area contributed by atoms with Gasteiger partial charge in [-0.05, 0) is 55.3 Å². The fraction of sp³-hybridized carbons (Fsp3) is 1.00. The molecule has 12 heavy (non-hydrogen) atoms. The Kier molecular flexibility index (Phi) is 1.27. The van der Waals surface area contributed by atoms with Crippen LogP contribution in [0.15, 0.2) is 0 Å². The van der Waals surface area contributed by atoms with Crippen molar-refractivity contribution >= 4 is 0 Å². The van der Waals surface area contributed by atoms with Gasteiger partial charge in [0.15, 0.2) is 0 Å². The molecular weight excluding hydrogens is 146 g/mol. The highest BCUT2D eigenvalue weighted by Gasteiger charge is 2.51. The first-order valence-electron chi connectivity index (χ1n) is 5.42. The predicted octanol–water partition coefficient (Wildman–Crippen LogP) is 2.16. The van der Waals surface area contributed by atoms with E-state index in [9.17, 15) is 0 Å². The standard InChI is InChI=1S/C11H19N/c1-11-4-7-2-8(5-11)10(12)9(3-7)6-11/h7-10H,2-6,12H2,1H3. The molecule has 2 unspecified atom stereocenters. The molecule has 4 aliphatic rings. The molecule has 1 heteroatoms. The van der Waals surface area contributed by atoms with E-state index in [1.54, 1.807) is 0 Å². The van der Waals surface area contributed by atoms with Gasteiger partial charge in [-0.25, -0.2) is 0 Å². The van der Waals surface area contributed by atoms with Crippen LogP contribution >= 0.6 is 0 Å². The third kappa shape index (κ3) is 0.834. The Morgan fingerprint density at radius 2 is 1.67 bits per heavy atom. The van der Waals surface area contributed by atoms with E-state index in [-0.39, 0.29) is 0 Å². The molecule has 1 nitrogen and oxygen atoms in total. The van der Waals surface area contributed by atoms with Crippen LogP contribution < -0.4 is 5.73 Å². The molecule has 68 valence electrons. The summed E-state index contributed by atoms with van der Waals surface area (Å²) in [5.74, 6) is 2.83. The zero-order valence-electron chi connectivity index (χ0n) is 7.92. The molecule has 4 bridgehead atoms. The van der Waals surface area contributed by atoms with E-state index in [1.807, 2.05) is 0 Å². The molecule has 4 saturated carbocycles. The van der Waals surface area contributed by atoms with Gasteiger partial charge in [0.2, 0.25) is 0 Å². The smallest absolute Gasteiger partial charge is 0.00962 e. The lowest BCUT2D eigenvalue weighted by Gasteiger charge is -2.58. The highest BCUT2D eigenvalue weighted by Crippen LogP contribution is 2.59. The van der Waals surface area contributed by atoms with Crippen molar-refractivity contribution in [1.82, 2.24) is 0 Å². The van der Waals surface area contributed by atoms with Crippen molar-refractivity contribution in [3.8, 4) is 0 Å².